The molecule has 426 valence electrons. The number of carbonyl (C=O) groups is 1. The van der Waals surface area contributed by atoms with Gasteiger partial charge < -0.3 is 48.5 Å². The van der Waals surface area contributed by atoms with Gasteiger partial charge in [0.25, 0.3) is 21.6 Å². The van der Waals surface area contributed by atoms with Crippen molar-refractivity contribution in [3.63, 3.8) is 0 Å². The highest BCUT2D eigenvalue weighted by molar-refractivity contribution is 7.90. The number of amides is 1. The lowest BCUT2D eigenvalue weighted by Crippen LogP contribution is -2.60. The fraction of sp³-hybridized carbons (Fsp3) is 0.559. The first-order chi connectivity index (χ1) is 38.8. The average Bonchev–Trinajstić information content (AvgIpc) is 3.96. The van der Waals surface area contributed by atoms with E-state index < -0.39 is 37.5 Å². The van der Waals surface area contributed by atoms with Crippen LogP contribution in [-0.2, 0) is 24.2 Å². The Hall–Kier alpha value is -6.23. The smallest absolute Gasteiger partial charge is 0.297 e. The summed E-state index contributed by atoms with van der Waals surface area (Å²) in [6.45, 7) is 13.8. The van der Waals surface area contributed by atoms with Gasteiger partial charge in [0, 0.05) is 113 Å². The van der Waals surface area contributed by atoms with Gasteiger partial charge in [0.1, 0.15) is 29.8 Å². The van der Waals surface area contributed by atoms with Gasteiger partial charge in [-0.25, -0.2) is 13.1 Å². The van der Waals surface area contributed by atoms with Gasteiger partial charge in [0.15, 0.2) is 11.4 Å². The van der Waals surface area contributed by atoms with Gasteiger partial charge in [-0.15, -0.1) is 0 Å². The SMILES string of the molecule is CC(C)Oc1ccccc1[C@@H]1CN(CC2CCOCC2)CCN1C1CC2(CCN(c3ccc(C(=O)NS(=O)(=O)c4cc5c(c([N+](=O)[O-])c4)N[C@H](C4CCOCC4)CO5)c(N4c5cc6cc[nH]c6nc5O[C@H]5COCC[C@@H]54)c3)CC2)C1. The van der Waals surface area contributed by atoms with E-state index in [1.807, 2.05) is 30.5 Å². The van der Waals surface area contributed by atoms with Crippen molar-refractivity contribution in [1.82, 2.24) is 24.5 Å². The molecule has 1 spiro atoms. The van der Waals surface area contributed by atoms with Crippen LogP contribution in [0.25, 0.3) is 11.0 Å². The third-order valence-corrected chi connectivity index (χ3v) is 19.8. The number of benzene rings is 3. The second-order valence-electron chi connectivity index (χ2n) is 23.7. The Kier molecular flexibility index (Phi) is 14.5. The highest BCUT2D eigenvalue weighted by atomic mass is 32.2. The van der Waals surface area contributed by atoms with Crippen molar-refractivity contribution in [2.45, 2.75) is 113 Å². The van der Waals surface area contributed by atoms with Crippen LogP contribution >= 0.6 is 0 Å². The summed E-state index contributed by atoms with van der Waals surface area (Å²) in [5.74, 6) is 1.31. The van der Waals surface area contributed by atoms with Gasteiger partial charge in [0.05, 0.1) is 51.9 Å². The molecular formula is C59H73N9O11S. The Balaban J connectivity index is 0.773. The minimum Gasteiger partial charge on any atom is -0.491 e. The lowest BCUT2D eigenvalue weighted by Gasteiger charge is -2.58. The Morgan fingerprint density at radius 1 is 0.900 bits per heavy atom. The Bertz CT molecular complexity index is 3220. The minimum absolute atomic E-state index is 0.0294. The predicted octanol–water partition coefficient (Wildman–Crippen LogP) is 8.20. The molecule has 3 N–H and O–H groups in total. The van der Waals surface area contributed by atoms with E-state index in [0.29, 0.717) is 67.7 Å². The molecule has 0 unspecified atom stereocenters. The summed E-state index contributed by atoms with van der Waals surface area (Å²) in [7, 11) is -4.71. The number of ether oxygens (including phenoxy) is 6. The van der Waals surface area contributed by atoms with Crippen molar-refractivity contribution < 1.29 is 46.6 Å². The fourth-order valence-corrected chi connectivity index (χ4v) is 15.2. The molecule has 6 fully saturated rings. The summed E-state index contributed by atoms with van der Waals surface area (Å²) in [6, 6.07) is 20.6. The van der Waals surface area contributed by atoms with E-state index in [4.69, 9.17) is 33.4 Å². The van der Waals surface area contributed by atoms with Crippen molar-refractivity contribution in [2.75, 3.05) is 101 Å². The molecular weight excluding hydrogens is 1040 g/mol. The highest BCUT2D eigenvalue weighted by Crippen LogP contribution is 2.54. The summed E-state index contributed by atoms with van der Waals surface area (Å²) in [5.41, 5.74) is 3.93. The molecule has 20 nitrogen and oxygen atoms in total. The zero-order valence-electron chi connectivity index (χ0n) is 45.7. The lowest BCUT2D eigenvalue weighted by molar-refractivity contribution is -0.384. The number of hydrogen-bond donors (Lipinski definition) is 3. The average molecular weight is 1120 g/mol. The van der Waals surface area contributed by atoms with E-state index in [1.54, 1.807) is 6.07 Å². The summed E-state index contributed by atoms with van der Waals surface area (Å²) in [4.78, 5) is 44.4. The van der Waals surface area contributed by atoms with E-state index in [2.05, 4.69) is 72.7 Å². The Morgan fingerprint density at radius 2 is 1.68 bits per heavy atom. The normalized spacial score (nSPS) is 24.9. The number of fused-ring (bicyclic) bond motifs is 4. The van der Waals surface area contributed by atoms with Crippen LogP contribution in [0.2, 0.25) is 0 Å². The number of para-hydroxylation sites is 1. The maximum absolute atomic E-state index is 14.9. The zero-order valence-corrected chi connectivity index (χ0v) is 46.5. The van der Waals surface area contributed by atoms with Crippen LogP contribution in [0.15, 0.2) is 77.8 Å². The second kappa shape index (κ2) is 21.9. The number of nitro benzene ring substituents is 1. The summed E-state index contributed by atoms with van der Waals surface area (Å²) < 4.78 is 67.5. The van der Waals surface area contributed by atoms with Crippen LogP contribution in [0.4, 0.5) is 28.4 Å². The molecule has 5 aromatic rings. The van der Waals surface area contributed by atoms with Crippen LogP contribution < -0.4 is 34.0 Å². The molecule has 5 saturated heterocycles. The molecule has 13 rings (SSSR count). The second-order valence-corrected chi connectivity index (χ2v) is 25.4. The topological polar surface area (TPSA) is 215 Å². The monoisotopic (exact) mass is 1120 g/mol. The number of nitro groups is 1. The van der Waals surface area contributed by atoms with Crippen molar-refractivity contribution in [3.8, 4) is 17.4 Å². The first-order valence-corrected chi connectivity index (χ1v) is 30.4. The number of rotatable bonds is 13. The molecule has 80 heavy (non-hydrogen) atoms. The number of nitrogens with one attached hydrogen (secondary N) is 3. The largest absolute Gasteiger partial charge is 0.491 e. The van der Waals surface area contributed by atoms with Crippen molar-refractivity contribution >= 4 is 55.4 Å². The number of piperidine rings is 1. The van der Waals surface area contributed by atoms with Crippen LogP contribution in [0.3, 0.4) is 0 Å². The Morgan fingerprint density at radius 3 is 2.46 bits per heavy atom. The number of piperazine rings is 1. The van der Waals surface area contributed by atoms with Gasteiger partial charge in [-0.2, -0.15) is 4.98 Å². The number of pyridine rings is 1. The van der Waals surface area contributed by atoms with Crippen LogP contribution in [0, 0.1) is 27.4 Å². The molecule has 9 heterocycles. The summed E-state index contributed by atoms with van der Waals surface area (Å²) in [5, 5.41) is 16.7. The predicted molar refractivity (Wildman–Crippen MR) is 301 cm³/mol. The van der Waals surface area contributed by atoms with E-state index in [9.17, 15) is 23.3 Å². The Labute approximate surface area is 466 Å². The van der Waals surface area contributed by atoms with Gasteiger partial charge in [-0.3, -0.25) is 24.7 Å². The standard InChI is InChI=1S/C59H73N9O11S/c1-37(2)78-52-6-4-3-5-44(52)51-34-64(33-38-10-22-74-23-11-38)20-21-66(51)42-31-59(32-42)15-18-65(19-16-59)41-7-8-45(48(28-41)67-47-14-26-76-36-54(47)79-58-50(67)27-40-9-17-60-56(40)62-58)57(69)63-80(72,73)43-29-49(68(70)71)55-53(30-43)77-35-46(61-55)39-12-24-75-25-13-39/h3-9,17,27-30,37-39,42,46-47,51,54,61H,10-16,18-26,31-36H2,1-2H3,(H,60,62)(H,63,69)/t46-,47-,51-,54-/m0/s1. The number of sulfonamides is 1. The van der Waals surface area contributed by atoms with Crippen molar-refractivity contribution in [3.05, 3.63) is 94.2 Å². The number of carbonyl (C=O) groups excluding carboxylic acids is 1. The molecule has 1 saturated carbocycles. The lowest BCUT2D eigenvalue weighted by atomic mass is 9.59. The molecule has 7 aliphatic heterocycles. The number of H-pyrrole nitrogens is 1. The molecule has 21 heteroatoms. The third kappa shape index (κ3) is 10.4. The van der Waals surface area contributed by atoms with Gasteiger partial charge in [0.2, 0.25) is 5.88 Å². The third-order valence-electron chi connectivity index (χ3n) is 18.5. The van der Waals surface area contributed by atoms with Crippen LogP contribution in [0.5, 0.6) is 17.4 Å². The molecule has 4 atom stereocenters. The first-order valence-electron chi connectivity index (χ1n) is 28.9. The van der Waals surface area contributed by atoms with Gasteiger partial charge in [-0.1, -0.05) is 18.2 Å². The van der Waals surface area contributed by atoms with Gasteiger partial charge >= 0.3 is 0 Å². The maximum Gasteiger partial charge on any atom is 0.297 e. The van der Waals surface area contributed by atoms with E-state index in [0.717, 1.165) is 127 Å². The number of aromatic amines is 1. The summed E-state index contributed by atoms with van der Waals surface area (Å²) >= 11 is 0. The van der Waals surface area contributed by atoms with Crippen molar-refractivity contribution in [1.29, 1.82) is 0 Å². The number of nitrogens with zero attached hydrogens (tertiary/aromatic N) is 6. The molecule has 1 aliphatic carbocycles. The first kappa shape index (κ1) is 53.1. The minimum atomic E-state index is -4.71. The number of anilines is 4. The zero-order chi connectivity index (χ0) is 54.7. The van der Waals surface area contributed by atoms with E-state index in [-0.39, 0.29) is 59.2 Å². The molecule has 3 aromatic carbocycles. The van der Waals surface area contributed by atoms with Crippen LogP contribution in [0.1, 0.15) is 93.6 Å². The highest BCUT2D eigenvalue weighted by Gasteiger charge is 2.51. The molecule has 2 aromatic heterocycles. The quantitative estimate of drug-likeness (QED) is 0.0748. The summed E-state index contributed by atoms with van der Waals surface area (Å²) in [6.07, 6.45) is 10.1. The van der Waals surface area contributed by atoms with Crippen LogP contribution in [-0.4, -0.2) is 155 Å². The fourth-order valence-electron chi connectivity index (χ4n) is 14.2. The molecule has 1 amide bonds. The van der Waals surface area contributed by atoms with Gasteiger partial charge in [-0.05, 0) is 125 Å². The molecule has 0 bridgehead atoms. The molecule has 0 radical (unpaired) electrons. The molecule has 8 aliphatic rings. The number of aromatic nitrogens is 2. The van der Waals surface area contributed by atoms with Crippen molar-refractivity contribution in [2.24, 2.45) is 17.3 Å². The number of hydrogen-bond acceptors (Lipinski definition) is 17. The van der Waals surface area contributed by atoms with E-state index in [1.165, 1.54) is 11.6 Å². The van der Waals surface area contributed by atoms with E-state index >= 15 is 0 Å². The maximum atomic E-state index is 14.9.